The first-order valence-electron chi connectivity index (χ1n) is 8.02. The summed E-state index contributed by atoms with van der Waals surface area (Å²) in [6, 6.07) is 9.29. The lowest BCUT2D eigenvalue weighted by Gasteiger charge is -2.23. The molecule has 1 N–H and O–H groups in total. The number of hydrogen-bond acceptors (Lipinski definition) is 6. The summed E-state index contributed by atoms with van der Waals surface area (Å²) < 4.78 is 40.9. The summed E-state index contributed by atoms with van der Waals surface area (Å²) in [6.45, 7) is -0.433. The minimum Gasteiger partial charge on any atom is -0.495 e. The molecule has 2 aromatic carbocycles. The van der Waals surface area contributed by atoms with Crippen molar-refractivity contribution in [2.75, 3.05) is 43.8 Å². The number of halogens is 1. The third-order valence-corrected chi connectivity index (χ3v) is 5.21. The van der Waals surface area contributed by atoms with E-state index in [0.29, 0.717) is 28.0 Å². The summed E-state index contributed by atoms with van der Waals surface area (Å²) in [5, 5.41) is 2.94. The maximum atomic E-state index is 12.4. The van der Waals surface area contributed by atoms with Crippen LogP contribution in [-0.2, 0) is 14.8 Å². The van der Waals surface area contributed by atoms with E-state index >= 15 is 0 Å². The van der Waals surface area contributed by atoms with E-state index in [-0.39, 0.29) is 5.69 Å². The highest BCUT2D eigenvalue weighted by Crippen LogP contribution is 2.32. The van der Waals surface area contributed by atoms with Crippen molar-refractivity contribution in [3.05, 3.63) is 41.4 Å². The van der Waals surface area contributed by atoms with Gasteiger partial charge in [0.25, 0.3) is 0 Å². The standard InChI is InChI=1S/C18H21ClN2O6S/c1-25-15-7-5-12(9-14(15)19)20-18(22)11-21(28(4,23)24)13-6-8-16(26-2)17(10-13)27-3/h5-10H,11H2,1-4H3,(H,20,22). The van der Waals surface area contributed by atoms with Gasteiger partial charge in [0.1, 0.15) is 12.3 Å². The van der Waals surface area contributed by atoms with E-state index in [0.717, 1.165) is 10.6 Å². The second kappa shape index (κ2) is 9.03. The molecule has 0 spiro atoms. The van der Waals surface area contributed by atoms with Crippen molar-refractivity contribution in [2.24, 2.45) is 0 Å². The van der Waals surface area contributed by atoms with Gasteiger partial charge in [-0.1, -0.05) is 11.6 Å². The molecule has 0 saturated heterocycles. The van der Waals surface area contributed by atoms with Crippen LogP contribution in [0.5, 0.6) is 17.2 Å². The summed E-state index contributed by atoms with van der Waals surface area (Å²) in [7, 11) is 0.649. The lowest BCUT2D eigenvalue weighted by atomic mass is 10.2. The predicted molar refractivity (Wildman–Crippen MR) is 108 cm³/mol. The number of sulfonamides is 1. The molecule has 0 aliphatic rings. The average molecular weight is 429 g/mol. The van der Waals surface area contributed by atoms with E-state index < -0.39 is 22.5 Å². The Morgan fingerprint density at radius 1 is 1.00 bits per heavy atom. The van der Waals surface area contributed by atoms with Crippen LogP contribution in [0.2, 0.25) is 5.02 Å². The Balaban J connectivity index is 2.25. The highest BCUT2D eigenvalue weighted by Gasteiger charge is 2.22. The van der Waals surface area contributed by atoms with Crippen LogP contribution in [0.15, 0.2) is 36.4 Å². The molecule has 28 heavy (non-hydrogen) atoms. The number of amides is 1. The lowest BCUT2D eigenvalue weighted by molar-refractivity contribution is -0.114. The molecule has 152 valence electrons. The number of benzene rings is 2. The number of nitrogens with zero attached hydrogens (tertiary/aromatic N) is 1. The Hall–Kier alpha value is -2.65. The normalized spacial score (nSPS) is 10.9. The van der Waals surface area contributed by atoms with Crippen molar-refractivity contribution >= 4 is 38.9 Å². The highest BCUT2D eigenvalue weighted by molar-refractivity contribution is 7.92. The van der Waals surface area contributed by atoms with Crippen LogP contribution >= 0.6 is 11.6 Å². The van der Waals surface area contributed by atoms with E-state index in [1.807, 2.05) is 0 Å². The fourth-order valence-electron chi connectivity index (χ4n) is 2.46. The van der Waals surface area contributed by atoms with Gasteiger partial charge in [-0.2, -0.15) is 0 Å². The van der Waals surface area contributed by atoms with Gasteiger partial charge in [0, 0.05) is 11.8 Å². The molecule has 2 aromatic rings. The molecule has 0 fully saturated rings. The summed E-state index contributed by atoms with van der Waals surface area (Å²) in [5.74, 6) is 0.706. The van der Waals surface area contributed by atoms with Crippen LogP contribution < -0.4 is 23.8 Å². The van der Waals surface area contributed by atoms with Gasteiger partial charge in [-0.25, -0.2) is 8.42 Å². The minimum atomic E-state index is -3.74. The molecule has 0 radical (unpaired) electrons. The van der Waals surface area contributed by atoms with Crippen molar-refractivity contribution < 1.29 is 27.4 Å². The maximum absolute atomic E-state index is 12.4. The van der Waals surface area contributed by atoms with Crippen LogP contribution in [0.1, 0.15) is 0 Å². The summed E-state index contributed by atoms with van der Waals surface area (Å²) in [6.07, 6.45) is 1.02. The smallest absolute Gasteiger partial charge is 0.245 e. The van der Waals surface area contributed by atoms with E-state index in [4.69, 9.17) is 25.8 Å². The van der Waals surface area contributed by atoms with Gasteiger partial charge < -0.3 is 19.5 Å². The Bertz CT molecular complexity index is 965. The molecule has 0 unspecified atom stereocenters. The number of anilines is 2. The summed E-state index contributed by atoms with van der Waals surface area (Å²) in [5.41, 5.74) is 0.680. The molecule has 0 aromatic heterocycles. The molecule has 2 rings (SSSR count). The van der Waals surface area contributed by atoms with Gasteiger partial charge in [0.2, 0.25) is 15.9 Å². The summed E-state index contributed by atoms with van der Waals surface area (Å²) in [4.78, 5) is 12.4. The van der Waals surface area contributed by atoms with Gasteiger partial charge in [-0.15, -0.1) is 0 Å². The van der Waals surface area contributed by atoms with E-state index in [2.05, 4.69) is 5.32 Å². The van der Waals surface area contributed by atoms with Gasteiger partial charge in [0.15, 0.2) is 11.5 Å². The molecule has 8 nitrogen and oxygen atoms in total. The van der Waals surface area contributed by atoms with Crippen molar-refractivity contribution in [2.45, 2.75) is 0 Å². The SMILES string of the molecule is COc1ccc(NC(=O)CN(c2ccc(OC)c(OC)c2)S(C)(=O)=O)cc1Cl. The average Bonchev–Trinajstić information content (AvgIpc) is 2.65. The van der Waals surface area contributed by atoms with Crippen molar-refractivity contribution in [3.8, 4) is 17.2 Å². The van der Waals surface area contributed by atoms with Gasteiger partial charge in [-0.3, -0.25) is 9.10 Å². The van der Waals surface area contributed by atoms with Crippen LogP contribution in [0, 0.1) is 0 Å². The number of carbonyl (C=O) groups excluding carboxylic acids is 1. The number of nitrogens with one attached hydrogen (secondary N) is 1. The first kappa shape index (κ1) is 21.6. The topological polar surface area (TPSA) is 94.2 Å². The number of rotatable bonds is 8. The molecule has 0 heterocycles. The highest BCUT2D eigenvalue weighted by atomic mass is 35.5. The minimum absolute atomic E-state index is 0.267. The number of ether oxygens (including phenoxy) is 3. The Morgan fingerprint density at radius 2 is 1.61 bits per heavy atom. The molecule has 0 bridgehead atoms. The van der Waals surface area contributed by atoms with Gasteiger partial charge in [-0.05, 0) is 30.3 Å². The Labute approximate surface area is 169 Å². The number of hydrogen-bond donors (Lipinski definition) is 1. The zero-order valence-electron chi connectivity index (χ0n) is 15.9. The van der Waals surface area contributed by atoms with Gasteiger partial charge in [0.05, 0.1) is 38.3 Å². The van der Waals surface area contributed by atoms with Crippen molar-refractivity contribution in [1.82, 2.24) is 0 Å². The zero-order valence-corrected chi connectivity index (χ0v) is 17.4. The van der Waals surface area contributed by atoms with E-state index in [1.165, 1.54) is 39.5 Å². The number of carbonyl (C=O) groups is 1. The fraction of sp³-hybridized carbons (Fsp3) is 0.278. The molecule has 0 aliphatic heterocycles. The number of methoxy groups -OCH3 is 3. The van der Waals surface area contributed by atoms with E-state index in [9.17, 15) is 13.2 Å². The third kappa shape index (κ3) is 5.20. The van der Waals surface area contributed by atoms with Gasteiger partial charge >= 0.3 is 0 Å². The molecule has 1 amide bonds. The van der Waals surface area contributed by atoms with Crippen LogP contribution in [-0.4, -0.2) is 48.5 Å². The van der Waals surface area contributed by atoms with Crippen molar-refractivity contribution in [1.29, 1.82) is 0 Å². The van der Waals surface area contributed by atoms with Crippen LogP contribution in [0.3, 0.4) is 0 Å². The zero-order chi connectivity index (χ0) is 20.9. The monoisotopic (exact) mass is 428 g/mol. The predicted octanol–water partition coefficient (Wildman–Crippen LogP) is 2.77. The first-order valence-corrected chi connectivity index (χ1v) is 10.3. The lowest BCUT2D eigenvalue weighted by Crippen LogP contribution is -2.37. The van der Waals surface area contributed by atoms with Crippen LogP contribution in [0.25, 0.3) is 0 Å². The summed E-state index contributed by atoms with van der Waals surface area (Å²) >= 11 is 6.04. The fourth-order valence-corrected chi connectivity index (χ4v) is 3.56. The molecule has 10 heteroatoms. The Morgan fingerprint density at radius 3 is 2.14 bits per heavy atom. The first-order chi connectivity index (χ1) is 13.2. The molecule has 0 atom stereocenters. The van der Waals surface area contributed by atoms with Crippen molar-refractivity contribution in [3.63, 3.8) is 0 Å². The molecular formula is C18H21ClN2O6S. The quantitative estimate of drug-likeness (QED) is 0.694. The van der Waals surface area contributed by atoms with Crippen LogP contribution in [0.4, 0.5) is 11.4 Å². The molecular weight excluding hydrogens is 408 g/mol. The second-order valence-electron chi connectivity index (χ2n) is 5.71. The Kier molecular flexibility index (Phi) is 6.98. The molecule has 0 saturated carbocycles. The maximum Gasteiger partial charge on any atom is 0.245 e. The third-order valence-electron chi connectivity index (χ3n) is 3.78. The second-order valence-corrected chi connectivity index (χ2v) is 8.02. The van der Waals surface area contributed by atoms with E-state index in [1.54, 1.807) is 18.2 Å². The largest absolute Gasteiger partial charge is 0.495 e. The molecule has 0 aliphatic carbocycles.